The second-order valence-corrected chi connectivity index (χ2v) is 6.59. The molecule has 0 bridgehead atoms. The molecular formula is C19H21NO12. The first-order chi connectivity index (χ1) is 15.0. The van der Waals surface area contributed by atoms with Gasteiger partial charge in [-0.25, -0.2) is 4.79 Å². The molecule has 0 N–H and O–H groups in total. The maximum atomic E-state index is 12.1. The molecule has 13 heteroatoms. The Kier molecular flexibility index (Phi) is 8.46. The van der Waals surface area contributed by atoms with Gasteiger partial charge in [-0.15, -0.1) is 0 Å². The lowest BCUT2D eigenvalue weighted by Gasteiger charge is -2.39. The highest BCUT2D eigenvalue weighted by molar-refractivity contribution is 5.68. The lowest BCUT2D eigenvalue weighted by molar-refractivity contribution is -0.384. The zero-order valence-corrected chi connectivity index (χ0v) is 17.4. The van der Waals surface area contributed by atoms with Gasteiger partial charge in [0.2, 0.25) is 6.29 Å². The predicted molar refractivity (Wildman–Crippen MR) is 101 cm³/mol. The number of esters is 3. The molecule has 1 heterocycles. The summed E-state index contributed by atoms with van der Waals surface area (Å²) >= 11 is 0. The van der Waals surface area contributed by atoms with Crippen molar-refractivity contribution in [2.75, 3.05) is 6.61 Å². The molecule has 32 heavy (non-hydrogen) atoms. The maximum Gasteiger partial charge on any atom is 0.516 e. The van der Waals surface area contributed by atoms with Crippen molar-refractivity contribution in [3.8, 4) is 5.75 Å². The van der Waals surface area contributed by atoms with Gasteiger partial charge in [0.05, 0.1) is 11.3 Å². The van der Waals surface area contributed by atoms with Gasteiger partial charge in [0, 0.05) is 32.9 Å². The van der Waals surface area contributed by atoms with E-state index in [-0.39, 0.29) is 24.5 Å². The van der Waals surface area contributed by atoms with Crippen LogP contribution in [0, 0.1) is 10.1 Å². The quantitative estimate of drug-likeness (QED) is 0.192. The van der Waals surface area contributed by atoms with Gasteiger partial charge in [-0.2, -0.15) is 0 Å². The standard InChI is InChI=1S/C19H21NO12/c1-10(21)27-9-16-18(29-12(3)23)15(28-11(2)22)8-17(31-16)32-19(24)30-14-6-4-13(5-7-14)20(25)26/h4-7,15-18H,8-9H2,1-3H3/t15?,16-,17?,18?/m1/s1. The summed E-state index contributed by atoms with van der Waals surface area (Å²) in [4.78, 5) is 56.3. The molecule has 1 saturated heterocycles. The van der Waals surface area contributed by atoms with Crippen LogP contribution in [0.5, 0.6) is 5.75 Å². The number of nitro benzene ring substituents is 1. The van der Waals surface area contributed by atoms with Crippen molar-refractivity contribution in [3.05, 3.63) is 34.4 Å². The highest BCUT2D eigenvalue weighted by atomic mass is 16.8. The first kappa shape index (κ1) is 24.5. The fourth-order valence-corrected chi connectivity index (χ4v) is 2.84. The van der Waals surface area contributed by atoms with E-state index in [2.05, 4.69) is 0 Å². The summed E-state index contributed by atoms with van der Waals surface area (Å²) in [7, 11) is 0. The summed E-state index contributed by atoms with van der Waals surface area (Å²) in [5, 5.41) is 10.7. The van der Waals surface area contributed by atoms with E-state index < -0.39 is 53.6 Å². The van der Waals surface area contributed by atoms with Crippen LogP contribution in [0.3, 0.4) is 0 Å². The minimum Gasteiger partial charge on any atom is -0.463 e. The number of hydrogen-bond acceptors (Lipinski definition) is 12. The fourth-order valence-electron chi connectivity index (χ4n) is 2.84. The molecule has 0 aliphatic carbocycles. The van der Waals surface area contributed by atoms with E-state index in [1.165, 1.54) is 12.1 Å². The Balaban J connectivity index is 2.10. The number of ether oxygens (including phenoxy) is 6. The van der Waals surface area contributed by atoms with Crippen molar-refractivity contribution in [1.29, 1.82) is 0 Å². The highest BCUT2D eigenvalue weighted by Gasteiger charge is 2.45. The number of non-ortho nitro benzene ring substituents is 1. The molecule has 1 aromatic rings. The van der Waals surface area contributed by atoms with Crippen LogP contribution in [0.25, 0.3) is 0 Å². The number of benzene rings is 1. The van der Waals surface area contributed by atoms with Gasteiger partial charge in [-0.1, -0.05) is 0 Å². The predicted octanol–water partition coefficient (Wildman–Crippen LogP) is 1.65. The second-order valence-electron chi connectivity index (χ2n) is 6.59. The smallest absolute Gasteiger partial charge is 0.463 e. The Labute approximate surface area is 181 Å². The van der Waals surface area contributed by atoms with E-state index in [4.69, 9.17) is 28.4 Å². The van der Waals surface area contributed by atoms with Gasteiger partial charge in [-0.3, -0.25) is 24.5 Å². The maximum absolute atomic E-state index is 12.1. The number of rotatable bonds is 7. The van der Waals surface area contributed by atoms with E-state index >= 15 is 0 Å². The number of carbonyl (C=O) groups excluding carboxylic acids is 4. The largest absolute Gasteiger partial charge is 0.516 e. The molecule has 1 aromatic carbocycles. The Morgan fingerprint density at radius 3 is 2.16 bits per heavy atom. The molecule has 2 rings (SSSR count). The van der Waals surface area contributed by atoms with Crippen LogP contribution in [0.15, 0.2) is 24.3 Å². The molecule has 0 radical (unpaired) electrons. The summed E-state index contributed by atoms with van der Waals surface area (Å²) in [5.41, 5.74) is -0.199. The van der Waals surface area contributed by atoms with Crippen molar-refractivity contribution in [3.63, 3.8) is 0 Å². The van der Waals surface area contributed by atoms with Crippen molar-refractivity contribution in [2.24, 2.45) is 0 Å². The van der Waals surface area contributed by atoms with Gasteiger partial charge in [0.15, 0.2) is 6.10 Å². The van der Waals surface area contributed by atoms with Gasteiger partial charge in [-0.05, 0) is 12.1 Å². The third-order valence-corrected chi connectivity index (χ3v) is 4.03. The second kappa shape index (κ2) is 11.0. The molecule has 1 aliphatic heterocycles. The van der Waals surface area contributed by atoms with Crippen molar-refractivity contribution < 1.29 is 52.5 Å². The van der Waals surface area contributed by atoms with Crippen LogP contribution in [0.4, 0.5) is 10.5 Å². The molecule has 1 aliphatic rings. The molecule has 0 saturated carbocycles. The minimum absolute atomic E-state index is 0.0257. The molecule has 0 amide bonds. The molecule has 174 valence electrons. The lowest BCUT2D eigenvalue weighted by Crippen LogP contribution is -2.54. The zero-order chi connectivity index (χ0) is 23.8. The van der Waals surface area contributed by atoms with Gasteiger partial charge in [0.25, 0.3) is 5.69 Å². The van der Waals surface area contributed by atoms with E-state index in [1.54, 1.807) is 0 Å². The fraction of sp³-hybridized carbons (Fsp3) is 0.474. The third-order valence-electron chi connectivity index (χ3n) is 4.03. The molecule has 3 unspecified atom stereocenters. The monoisotopic (exact) mass is 455 g/mol. The minimum atomic E-state index is -1.31. The summed E-state index contributed by atoms with van der Waals surface area (Å²) in [6.45, 7) is 3.06. The highest BCUT2D eigenvalue weighted by Crippen LogP contribution is 2.27. The number of nitro groups is 1. The van der Waals surface area contributed by atoms with Gasteiger partial charge < -0.3 is 28.4 Å². The Morgan fingerprint density at radius 2 is 1.62 bits per heavy atom. The van der Waals surface area contributed by atoms with E-state index in [0.29, 0.717) is 0 Å². The summed E-state index contributed by atoms with van der Waals surface area (Å²) in [6, 6.07) is 4.66. The SMILES string of the molecule is CC(=O)OC[C@H]1OC(OC(=O)Oc2ccc([N+](=O)[O-])cc2)CC(OC(C)=O)C1OC(C)=O. The first-order valence-corrected chi connectivity index (χ1v) is 9.31. The van der Waals surface area contributed by atoms with E-state index in [1.807, 2.05) is 0 Å². The Bertz CT molecular complexity index is 868. The number of hydrogen-bond donors (Lipinski definition) is 0. The van der Waals surface area contributed by atoms with Crippen LogP contribution in [0.1, 0.15) is 27.2 Å². The Hall–Kier alpha value is -3.74. The van der Waals surface area contributed by atoms with Crippen LogP contribution in [-0.2, 0) is 38.1 Å². The first-order valence-electron chi connectivity index (χ1n) is 9.31. The average Bonchev–Trinajstić information content (AvgIpc) is 2.68. The van der Waals surface area contributed by atoms with Crippen molar-refractivity contribution >= 4 is 29.8 Å². The van der Waals surface area contributed by atoms with Crippen LogP contribution < -0.4 is 4.74 Å². The van der Waals surface area contributed by atoms with Crippen molar-refractivity contribution in [2.45, 2.75) is 51.8 Å². The molecular weight excluding hydrogens is 434 g/mol. The summed E-state index contributed by atoms with van der Waals surface area (Å²) in [6.07, 6.45) is -6.02. The van der Waals surface area contributed by atoms with Gasteiger partial charge in [0.1, 0.15) is 24.6 Å². The lowest BCUT2D eigenvalue weighted by atomic mass is 10.0. The molecule has 4 atom stereocenters. The van der Waals surface area contributed by atoms with Crippen molar-refractivity contribution in [1.82, 2.24) is 0 Å². The summed E-state index contributed by atoms with van der Waals surface area (Å²) in [5.74, 6) is -2.05. The molecule has 0 spiro atoms. The number of nitrogens with zero attached hydrogens (tertiary/aromatic N) is 1. The van der Waals surface area contributed by atoms with E-state index in [9.17, 15) is 29.3 Å². The van der Waals surface area contributed by atoms with Gasteiger partial charge >= 0.3 is 24.1 Å². The number of carbonyl (C=O) groups is 4. The third kappa shape index (κ3) is 7.50. The Morgan fingerprint density at radius 1 is 1.00 bits per heavy atom. The average molecular weight is 455 g/mol. The molecule has 0 aromatic heterocycles. The van der Waals surface area contributed by atoms with Crippen LogP contribution in [-0.4, -0.2) is 60.2 Å². The van der Waals surface area contributed by atoms with Crippen LogP contribution >= 0.6 is 0 Å². The zero-order valence-electron chi connectivity index (χ0n) is 17.4. The normalized spacial score (nSPS) is 22.2. The van der Waals surface area contributed by atoms with Crippen LogP contribution in [0.2, 0.25) is 0 Å². The molecule has 1 fully saturated rings. The summed E-state index contributed by atoms with van der Waals surface area (Å²) < 4.78 is 30.8. The molecule has 13 nitrogen and oxygen atoms in total. The van der Waals surface area contributed by atoms with E-state index in [0.717, 1.165) is 32.9 Å². The topological polar surface area (TPSA) is 167 Å².